The van der Waals surface area contributed by atoms with Gasteiger partial charge in [-0.3, -0.25) is 0 Å². The highest BCUT2D eigenvalue weighted by Crippen LogP contribution is 2.19. The molecule has 0 saturated carbocycles. The molecule has 3 rings (SSSR count). The van der Waals surface area contributed by atoms with Crippen LogP contribution in [-0.2, 0) is 19.6 Å². The molecular weight excluding hydrogens is 601 g/mol. The second-order valence-electron chi connectivity index (χ2n) is 12.3. The lowest BCUT2D eigenvalue weighted by molar-refractivity contribution is -0.142. The maximum absolute atomic E-state index is 13.2. The predicted octanol–water partition coefficient (Wildman–Crippen LogP) is 3.46. The van der Waals surface area contributed by atoms with Gasteiger partial charge in [0.15, 0.2) is 0 Å². The molecule has 3 aliphatic rings. The first-order chi connectivity index (χ1) is 20.9. The first-order valence-electron chi connectivity index (χ1n) is 15.3. The van der Waals surface area contributed by atoms with Crippen LogP contribution in [0.1, 0.15) is 32.1 Å². The van der Waals surface area contributed by atoms with Crippen LogP contribution in [0.15, 0.2) is 53.2 Å². The molecule has 2 N–H and O–H groups in total. The summed E-state index contributed by atoms with van der Waals surface area (Å²) < 4.78 is 31.9. The van der Waals surface area contributed by atoms with Gasteiger partial charge in [-0.25, -0.2) is 22.8 Å². The molecule has 0 bridgehead atoms. The number of hydrazone groups is 1. The van der Waals surface area contributed by atoms with Crippen LogP contribution in [0.2, 0.25) is 25.7 Å². The number of hydrogen-bond acceptors (Lipinski definition) is 7. The number of ether oxygens (including phenoxy) is 1. The molecule has 0 aliphatic carbocycles. The first-order valence-corrected chi connectivity index (χ1v) is 20.6. The second kappa shape index (κ2) is 16.6. The standard InChI is InChI=1S/C30H48N6O6SSi/c1-42-28(37)27(24-25-12-10-17-32-36(19-11-13-25)43(40,41)22-23-44(2,3)4)33-30(39)34-20-14-26(15-21-34)35-18-9-7-5-6-8-16-31-29(35)38/h5-8,11-13,17,26-27H,9-10,14-16,18-24H2,1-4H3,(H,31,38)(H,33,39)/b7-5-,8-6-,13-11-,25-12+,32-17-/t27-/m1/s1. The minimum absolute atomic E-state index is 0.0157. The smallest absolute Gasteiger partial charge is 0.328 e. The number of sulfonamides is 1. The van der Waals surface area contributed by atoms with Crippen molar-refractivity contribution in [1.82, 2.24) is 24.8 Å². The van der Waals surface area contributed by atoms with Crippen LogP contribution in [0.3, 0.4) is 0 Å². The molecule has 0 unspecified atom stereocenters. The molecule has 12 nitrogen and oxygen atoms in total. The van der Waals surface area contributed by atoms with Gasteiger partial charge in [-0.1, -0.05) is 62.2 Å². The van der Waals surface area contributed by atoms with Crippen molar-refractivity contribution in [3.63, 3.8) is 0 Å². The molecule has 0 radical (unpaired) electrons. The van der Waals surface area contributed by atoms with Crippen molar-refractivity contribution in [2.75, 3.05) is 45.6 Å². The van der Waals surface area contributed by atoms with Crippen molar-refractivity contribution < 1.29 is 27.5 Å². The Bertz CT molecular complexity index is 1260. The molecular formula is C30H48N6O6SSi. The molecule has 1 atom stereocenters. The highest BCUT2D eigenvalue weighted by atomic mass is 32.2. The number of esters is 1. The van der Waals surface area contributed by atoms with Crippen LogP contribution in [0.5, 0.6) is 0 Å². The van der Waals surface area contributed by atoms with Crippen LogP contribution < -0.4 is 10.6 Å². The van der Waals surface area contributed by atoms with Gasteiger partial charge in [-0.05, 0) is 30.9 Å². The molecule has 0 aromatic heterocycles. The number of carbonyl (C=O) groups excluding carboxylic acids is 3. The average molecular weight is 649 g/mol. The van der Waals surface area contributed by atoms with E-state index in [2.05, 4.69) is 35.4 Å². The van der Waals surface area contributed by atoms with E-state index in [1.165, 1.54) is 13.3 Å². The Balaban J connectivity index is 1.58. The number of allylic oxidation sites excluding steroid dienone is 4. The van der Waals surface area contributed by atoms with E-state index in [-0.39, 0.29) is 36.8 Å². The summed E-state index contributed by atoms with van der Waals surface area (Å²) >= 11 is 0. The van der Waals surface area contributed by atoms with E-state index >= 15 is 0 Å². The lowest BCUT2D eigenvalue weighted by Crippen LogP contribution is -2.55. The van der Waals surface area contributed by atoms with Gasteiger partial charge in [0.1, 0.15) is 6.04 Å². The number of nitrogens with one attached hydrogen (secondary N) is 2. The van der Waals surface area contributed by atoms with Crippen LogP contribution in [0, 0.1) is 0 Å². The number of nitrogens with zero attached hydrogens (tertiary/aromatic N) is 4. The quantitative estimate of drug-likeness (QED) is 0.290. The Labute approximate surface area is 263 Å². The molecule has 44 heavy (non-hydrogen) atoms. The third kappa shape index (κ3) is 11.3. The average Bonchev–Trinajstić information content (AvgIpc) is 3.11. The number of amides is 4. The van der Waals surface area contributed by atoms with Crippen molar-refractivity contribution in [2.24, 2.45) is 5.10 Å². The number of methoxy groups -OCH3 is 1. The van der Waals surface area contributed by atoms with Gasteiger partial charge in [0.25, 0.3) is 0 Å². The molecule has 14 heteroatoms. The fourth-order valence-corrected chi connectivity index (χ4v) is 9.27. The van der Waals surface area contributed by atoms with Crippen LogP contribution in [0.4, 0.5) is 9.59 Å². The highest BCUT2D eigenvalue weighted by molar-refractivity contribution is 7.89. The van der Waals surface area contributed by atoms with Gasteiger partial charge >= 0.3 is 18.0 Å². The number of urea groups is 2. The zero-order valence-electron chi connectivity index (χ0n) is 26.4. The van der Waals surface area contributed by atoms with E-state index in [4.69, 9.17) is 4.74 Å². The summed E-state index contributed by atoms with van der Waals surface area (Å²) in [5, 5.41) is 9.94. The van der Waals surface area contributed by atoms with Gasteiger partial charge in [-0.2, -0.15) is 9.52 Å². The SMILES string of the molecule is COC(=O)[C@@H](CC1=C/C/C=N\N(S(=O)(=O)CC[Si](C)(C)C)C/C=C\1)NC(=O)N1CCC(N2CC/C=C\C=C/CNC2=O)CC1. The fourth-order valence-electron chi connectivity index (χ4n) is 5.05. The Kier molecular flexibility index (Phi) is 13.3. The van der Waals surface area contributed by atoms with Crippen molar-refractivity contribution >= 4 is 42.3 Å². The Morgan fingerprint density at radius 2 is 1.86 bits per heavy atom. The summed E-state index contributed by atoms with van der Waals surface area (Å²) in [6.07, 6.45) is 17.3. The third-order valence-corrected chi connectivity index (χ3v) is 11.4. The summed E-state index contributed by atoms with van der Waals surface area (Å²) in [6, 6.07) is -0.737. The van der Waals surface area contributed by atoms with Crippen molar-refractivity contribution in [2.45, 2.75) is 69.9 Å². The highest BCUT2D eigenvalue weighted by Gasteiger charge is 2.31. The molecule has 3 heterocycles. The van der Waals surface area contributed by atoms with Crippen molar-refractivity contribution in [1.29, 1.82) is 0 Å². The van der Waals surface area contributed by atoms with E-state index < -0.39 is 30.1 Å². The Morgan fingerprint density at radius 1 is 1.14 bits per heavy atom. The fraction of sp³-hybridized carbons (Fsp3) is 0.600. The number of likely N-dealkylation sites (tertiary alicyclic amines) is 1. The monoisotopic (exact) mass is 648 g/mol. The molecule has 1 fully saturated rings. The molecule has 0 aromatic rings. The minimum Gasteiger partial charge on any atom is -0.467 e. The van der Waals surface area contributed by atoms with Gasteiger partial charge in [0, 0.05) is 59.4 Å². The molecule has 4 amide bonds. The Hall–Kier alpha value is -3.39. The van der Waals surface area contributed by atoms with Crippen LogP contribution in [-0.4, -0.2) is 113 Å². The number of hydrogen-bond donors (Lipinski definition) is 2. The number of rotatable bonds is 9. The molecule has 0 spiro atoms. The maximum atomic E-state index is 13.2. The molecule has 244 valence electrons. The van der Waals surface area contributed by atoms with Gasteiger partial charge in [-0.15, -0.1) is 0 Å². The second-order valence-corrected chi connectivity index (χ2v) is 19.9. The zero-order chi connectivity index (χ0) is 32.2. The molecule has 1 saturated heterocycles. The van der Waals surface area contributed by atoms with Crippen LogP contribution >= 0.6 is 0 Å². The number of carbonyl (C=O) groups is 3. The summed E-state index contributed by atoms with van der Waals surface area (Å²) in [6.45, 7) is 8.44. The van der Waals surface area contributed by atoms with E-state index in [9.17, 15) is 22.8 Å². The Morgan fingerprint density at radius 3 is 2.57 bits per heavy atom. The topological polar surface area (TPSA) is 141 Å². The predicted molar refractivity (Wildman–Crippen MR) is 176 cm³/mol. The molecule has 0 aromatic carbocycles. The van der Waals surface area contributed by atoms with Crippen molar-refractivity contribution in [3.8, 4) is 0 Å². The van der Waals surface area contributed by atoms with E-state index in [0.29, 0.717) is 51.5 Å². The van der Waals surface area contributed by atoms with Gasteiger partial charge in [0.2, 0.25) is 10.0 Å². The van der Waals surface area contributed by atoms with Gasteiger partial charge < -0.3 is 25.2 Å². The third-order valence-electron chi connectivity index (χ3n) is 7.69. The summed E-state index contributed by atoms with van der Waals surface area (Å²) in [5.41, 5.74) is 0.755. The minimum atomic E-state index is -3.55. The normalized spacial score (nSPS) is 23.9. The van der Waals surface area contributed by atoms with E-state index in [1.807, 2.05) is 35.3 Å². The largest absolute Gasteiger partial charge is 0.467 e. The van der Waals surface area contributed by atoms with Crippen molar-refractivity contribution in [3.05, 3.63) is 48.1 Å². The summed E-state index contributed by atoms with van der Waals surface area (Å²) in [5.74, 6) is -0.514. The zero-order valence-corrected chi connectivity index (χ0v) is 28.2. The summed E-state index contributed by atoms with van der Waals surface area (Å²) in [7, 11) is -3.82. The van der Waals surface area contributed by atoms with Gasteiger partial charge in [0.05, 0.1) is 19.4 Å². The summed E-state index contributed by atoms with van der Waals surface area (Å²) in [4.78, 5) is 42.2. The van der Waals surface area contributed by atoms with E-state index in [0.717, 1.165) is 16.4 Å². The first kappa shape index (κ1) is 35.1. The lowest BCUT2D eigenvalue weighted by atomic mass is 10.0. The number of piperidine rings is 1. The lowest BCUT2D eigenvalue weighted by Gasteiger charge is -2.38. The van der Waals surface area contributed by atoms with E-state index in [1.54, 1.807) is 17.1 Å². The maximum Gasteiger partial charge on any atom is 0.328 e. The van der Waals surface area contributed by atoms with Crippen LogP contribution in [0.25, 0.3) is 0 Å². The molecule has 3 aliphatic heterocycles.